The van der Waals surface area contributed by atoms with Crippen LogP contribution in [0.4, 0.5) is 4.39 Å². The first-order valence-electron chi connectivity index (χ1n) is 12.3. The van der Waals surface area contributed by atoms with Gasteiger partial charge >= 0.3 is 5.97 Å². The van der Waals surface area contributed by atoms with Gasteiger partial charge < -0.3 is 15.2 Å². The van der Waals surface area contributed by atoms with Crippen LogP contribution in [0.1, 0.15) is 62.6 Å². The third-order valence-corrected chi connectivity index (χ3v) is 7.55. The molecule has 0 saturated carbocycles. The zero-order valence-corrected chi connectivity index (χ0v) is 20.8. The summed E-state index contributed by atoms with van der Waals surface area (Å²) in [6.07, 6.45) is 2.22. The molecule has 35 heavy (non-hydrogen) atoms. The van der Waals surface area contributed by atoms with Gasteiger partial charge in [0.05, 0.1) is 0 Å². The molecule has 1 spiro atoms. The van der Waals surface area contributed by atoms with Gasteiger partial charge in [-0.3, -0.25) is 9.69 Å². The summed E-state index contributed by atoms with van der Waals surface area (Å²) in [6, 6.07) is 12.7. The van der Waals surface area contributed by atoms with Crippen molar-refractivity contribution in [2.75, 3.05) is 26.2 Å². The Labute approximate surface area is 206 Å². The Morgan fingerprint density at radius 1 is 1.17 bits per heavy atom. The predicted octanol–water partition coefficient (Wildman–Crippen LogP) is 4.47. The number of hydrogen-bond donors (Lipinski definition) is 2. The second kappa shape index (κ2) is 9.97. The number of piperidine rings is 2. The maximum Gasteiger partial charge on any atom is 0.341 e. The van der Waals surface area contributed by atoms with E-state index >= 15 is 0 Å². The molecule has 0 aromatic heterocycles. The van der Waals surface area contributed by atoms with Gasteiger partial charge in [0.1, 0.15) is 11.6 Å². The lowest BCUT2D eigenvalue weighted by molar-refractivity contribution is -0.139. The molecule has 2 saturated heterocycles. The highest BCUT2D eigenvalue weighted by molar-refractivity contribution is 5.78. The first kappa shape index (κ1) is 25.2. The number of likely N-dealkylation sites (tertiary alicyclic amines) is 1. The third-order valence-electron chi connectivity index (χ3n) is 7.55. The lowest BCUT2D eigenvalue weighted by atomic mass is 9.62. The zero-order valence-electron chi connectivity index (χ0n) is 20.8. The molecular formula is C28H35FN2O4. The van der Waals surface area contributed by atoms with Crippen molar-refractivity contribution in [3.05, 3.63) is 65.0 Å². The fourth-order valence-corrected chi connectivity index (χ4v) is 5.48. The van der Waals surface area contributed by atoms with Gasteiger partial charge in [-0.25, -0.2) is 9.18 Å². The minimum atomic E-state index is -1.00. The van der Waals surface area contributed by atoms with Crippen LogP contribution in [0.2, 0.25) is 0 Å². The van der Waals surface area contributed by atoms with Gasteiger partial charge in [0.15, 0.2) is 6.61 Å². The Hall–Kier alpha value is -2.93. The number of benzene rings is 2. The number of rotatable bonds is 6. The number of carboxylic acid groups (broad SMARTS) is 1. The molecule has 0 radical (unpaired) electrons. The van der Waals surface area contributed by atoms with E-state index in [0.29, 0.717) is 25.3 Å². The van der Waals surface area contributed by atoms with Crippen molar-refractivity contribution in [1.82, 2.24) is 10.2 Å². The zero-order chi connectivity index (χ0) is 25.2. The van der Waals surface area contributed by atoms with E-state index in [1.807, 2.05) is 24.3 Å². The average molecular weight is 483 g/mol. The van der Waals surface area contributed by atoms with E-state index < -0.39 is 5.97 Å². The van der Waals surface area contributed by atoms with Crippen LogP contribution in [0, 0.1) is 11.2 Å². The maximum atomic E-state index is 13.5. The number of carbonyl (C=O) groups excluding carboxylic acids is 1. The van der Waals surface area contributed by atoms with Crippen molar-refractivity contribution in [3.63, 3.8) is 0 Å². The number of nitrogens with zero attached hydrogens (tertiary/aromatic N) is 1. The molecule has 2 aromatic carbocycles. The maximum absolute atomic E-state index is 13.5. The van der Waals surface area contributed by atoms with Crippen molar-refractivity contribution < 1.29 is 23.8 Å². The molecule has 7 heteroatoms. The van der Waals surface area contributed by atoms with Crippen molar-refractivity contribution in [2.45, 2.75) is 57.9 Å². The smallest absolute Gasteiger partial charge is 0.341 e. The molecule has 1 amide bonds. The molecule has 2 heterocycles. The van der Waals surface area contributed by atoms with Crippen LogP contribution < -0.4 is 10.1 Å². The third kappa shape index (κ3) is 5.84. The minimum Gasteiger partial charge on any atom is -0.482 e. The highest BCUT2D eigenvalue weighted by Crippen LogP contribution is 2.49. The number of hydrogen-bond acceptors (Lipinski definition) is 4. The second-order valence-corrected chi connectivity index (χ2v) is 11.0. The fourth-order valence-electron chi connectivity index (χ4n) is 5.48. The SMILES string of the molecule is CC(C)(C)c1ccc(OCC(=O)O)c(CN2CCC3(CC2)CC(=O)NCC3c2ccc(F)cc2)c1. The van der Waals surface area contributed by atoms with Crippen molar-refractivity contribution in [2.24, 2.45) is 5.41 Å². The summed E-state index contributed by atoms with van der Waals surface area (Å²) in [4.78, 5) is 25.8. The van der Waals surface area contributed by atoms with Crippen LogP contribution >= 0.6 is 0 Å². The standard InChI is InChI=1S/C28H35FN2O4/c1-27(2,3)21-6-9-24(35-18-26(33)34)20(14-21)17-31-12-10-28(11-13-31)15-25(32)30-16-23(28)19-4-7-22(29)8-5-19/h4-9,14,23H,10-13,15-18H2,1-3H3,(H,30,32)(H,33,34). The molecule has 2 aromatic rings. The van der Waals surface area contributed by atoms with E-state index in [4.69, 9.17) is 9.84 Å². The van der Waals surface area contributed by atoms with Gasteiger partial charge in [-0.15, -0.1) is 0 Å². The predicted molar refractivity (Wildman–Crippen MR) is 132 cm³/mol. The summed E-state index contributed by atoms with van der Waals surface area (Å²) in [5.41, 5.74) is 3.04. The molecule has 2 N–H and O–H groups in total. The second-order valence-electron chi connectivity index (χ2n) is 11.0. The van der Waals surface area contributed by atoms with E-state index in [-0.39, 0.29) is 35.1 Å². The largest absolute Gasteiger partial charge is 0.482 e. The summed E-state index contributed by atoms with van der Waals surface area (Å²) >= 11 is 0. The van der Waals surface area contributed by atoms with E-state index in [1.165, 1.54) is 17.7 Å². The Balaban J connectivity index is 1.52. The number of carbonyl (C=O) groups is 2. The molecule has 6 nitrogen and oxygen atoms in total. The lowest BCUT2D eigenvalue weighted by Crippen LogP contribution is -2.51. The van der Waals surface area contributed by atoms with Crippen LogP contribution in [0.15, 0.2) is 42.5 Å². The quantitative estimate of drug-likeness (QED) is 0.635. The molecule has 1 unspecified atom stereocenters. The van der Waals surface area contributed by atoms with E-state index in [2.05, 4.69) is 37.1 Å². The molecule has 4 rings (SSSR count). The molecule has 188 valence electrons. The Bertz CT molecular complexity index is 1070. The van der Waals surface area contributed by atoms with Gasteiger partial charge in [-0.1, -0.05) is 45.0 Å². The summed E-state index contributed by atoms with van der Waals surface area (Å²) in [5, 5.41) is 12.1. The van der Waals surface area contributed by atoms with Gasteiger partial charge in [-0.05, 0) is 66.1 Å². The van der Waals surface area contributed by atoms with E-state index in [1.54, 1.807) is 0 Å². The molecule has 2 aliphatic rings. The fraction of sp³-hybridized carbons (Fsp3) is 0.500. The number of carboxylic acids is 1. The Morgan fingerprint density at radius 2 is 1.86 bits per heavy atom. The highest BCUT2D eigenvalue weighted by atomic mass is 19.1. The first-order valence-corrected chi connectivity index (χ1v) is 12.3. The van der Waals surface area contributed by atoms with Crippen molar-refractivity contribution in [3.8, 4) is 5.75 Å². The minimum absolute atomic E-state index is 0.0378. The normalized spacial score (nSPS) is 20.5. The molecular weight excluding hydrogens is 447 g/mol. The molecule has 2 fully saturated rings. The van der Waals surface area contributed by atoms with Gasteiger partial charge in [0.2, 0.25) is 5.91 Å². The summed E-state index contributed by atoms with van der Waals surface area (Å²) < 4.78 is 19.1. The monoisotopic (exact) mass is 482 g/mol. The summed E-state index contributed by atoms with van der Waals surface area (Å²) in [5.74, 6) is -0.420. The molecule has 0 aliphatic carbocycles. The highest BCUT2D eigenvalue weighted by Gasteiger charge is 2.46. The number of nitrogens with one attached hydrogen (secondary N) is 1. The first-order chi connectivity index (χ1) is 16.6. The molecule has 1 atom stereocenters. The van der Waals surface area contributed by atoms with Crippen molar-refractivity contribution >= 4 is 11.9 Å². The topological polar surface area (TPSA) is 78.9 Å². The van der Waals surface area contributed by atoms with Crippen LogP contribution in [0.25, 0.3) is 0 Å². The van der Waals surface area contributed by atoms with Crippen LogP contribution in [0.3, 0.4) is 0 Å². The van der Waals surface area contributed by atoms with Crippen LogP contribution in [0.5, 0.6) is 5.75 Å². The number of halogens is 1. The van der Waals surface area contributed by atoms with Crippen LogP contribution in [-0.2, 0) is 21.5 Å². The number of ether oxygens (including phenoxy) is 1. The molecule has 2 aliphatic heterocycles. The summed E-state index contributed by atoms with van der Waals surface area (Å²) in [7, 11) is 0. The van der Waals surface area contributed by atoms with Gasteiger partial charge in [0.25, 0.3) is 0 Å². The van der Waals surface area contributed by atoms with E-state index in [0.717, 1.165) is 37.1 Å². The Morgan fingerprint density at radius 3 is 2.49 bits per heavy atom. The van der Waals surface area contributed by atoms with Crippen molar-refractivity contribution in [1.29, 1.82) is 0 Å². The number of amides is 1. The average Bonchev–Trinajstić information content (AvgIpc) is 2.80. The Kier molecular flexibility index (Phi) is 7.17. The van der Waals surface area contributed by atoms with E-state index in [9.17, 15) is 14.0 Å². The number of aliphatic carboxylic acids is 1. The molecule has 0 bridgehead atoms. The lowest BCUT2D eigenvalue weighted by Gasteiger charge is -2.49. The van der Waals surface area contributed by atoms with Gasteiger partial charge in [0, 0.05) is 31.0 Å². The summed E-state index contributed by atoms with van der Waals surface area (Å²) in [6.45, 7) is 8.95. The van der Waals surface area contributed by atoms with Crippen LogP contribution in [-0.4, -0.2) is 48.1 Å². The van der Waals surface area contributed by atoms with Gasteiger partial charge in [-0.2, -0.15) is 0 Å².